The van der Waals surface area contributed by atoms with Gasteiger partial charge in [0.2, 0.25) is 0 Å². The fourth-order valence-corrected chi connectivity index (χ4v) is 4.84. The normalized spacial score (nSPS) is 49.2. The molecule has 1 saturated heterocycles. The molecule has 0 spiro atoms. The first-order valence-corrected chi connectivity index (χ1v) is 7.10. The Morgan fingerprint density at radius 3 is 2.84 bits per heavy atom. The molecule has 1 saturated carbocycles. The van der Waals surface area contributed by atoms with Gasteiger partial charge in [-0.05, 0) is 29.7 Å². The van der Waals surface area contributed by atoms with Crippen molar-refractivity contribution in [3.05, 3.63) is 11.6 Å². The van der Waals surface area contributed by atoms with Crippen molar-refractivity contribution < 1.29 is 19.7 Å². The Morgan fingerprint density at radius 2 is 2.16 bits per heavy atom. The van der Waals surface area contributed by atoms with Crippen LogP contribution in [0.4, 0.5) is 0 Å². The van der Waals surface area contributed by atoms with E-state index in [0.29, 0.717) is 12.2 Å². The third kappa shape index (κ3) is 1.62. The van der Waals surface area contributed by atoms with Gasteiger partial charge in [0.15, 0.2) is 0 Å². The highest BCUT2D eigenvalue weighted by Crippen LogP contribution is 2.60. The van der Waals surface area contributed by atoms with E-state index in [2.05, 4.69) is 13.8 Å². The molecular formula is C15H22O4. The summed E-state index contributed by atoms with van der Waals surface area (Å²) in [5, 5.41) is 20.3. The van der Waals surface area contributed by atoms with Crippen LogP contribution in [0, 0.1) is 22.7 Å². The molecule has 4 nitrogen and oxygen atoms in total. The summed E-state index contributed by atoms with van der Waals surface area (Å²) in [4.78, 5) is 11.8. The molecule has 106 valence electrons. The van der Waals surface area contributed by atoms with Crippen LogP contribution in [-0.2, 0) is 9.53 Å². The van der Waals surface area contributed by atoms with Crippen LogP contribution in [0.3, 0.4) is 0 Å². The second-order valence-electron chi connectivity index (χ2n) is 6.91. The molecule has 3 aliphatic rings. The van der Waals surface area contributed by atoms with Crippen molar-refractivity contribution in [1.29, 1.82) is 0 Å². The Hall–Kier alpha value is -0.870. The highest BCUT2D eigenvalue weighted by molar-refractivity contribution is 5.91. The van der Waals surface area contributed by atoms with Gasteiger partial charge in [0.25, 0.3) is 0 Å². The topological polar surface area (TPSA) is 66.8 Å². The molecule has 2 fully saturated rings. The Kier molecular flexibility index (Phi) is 2.81. The molecule has 0 aromatic heterocycles. The minimum absolute atomic E-state index is 0.0120. The smallest absolute Gasteiger partial charge is 0.334 e. The van der Waals surface area contributed by atoms with Crippen LogP contribution in [0.2, 0.25) is 0 Å². The minimum atomic E-state index is -0.667. The van der Waals surface area contributed by atoms with Crippen LogP contribution in [0.25, 0.3) is 0 Å². The summed E-state index contributed by atoms with van der Waals surface area (Å²) in [6.07, 6.45) is 3.92. The van der Waals surface area contributed by atoms with Crippen LogP contribution in [0.1, 0.15) is 33.1 Å². The molecule has 5 unspecified atom stereocenters. The first-order valence-electron chi connectivity index (χ1n) is 7.10. The van der Waals surface area contributed by atoms with Crippen LogP contribution < -0.4 is 0 Å². The van der Waals surface area contributed by atoms with Gasteiger partial charge in [-0.3, -0.25) is 0 Å². The van der Waals surface area contributed by atoms with E-state index in [1.165, 1.54) is 0 Å². The molecule has 3 rings (SSSR count). The predicted octanol–water partition coefficient (Wildman–Crippen LogP) is 1.27. The molecule has 0 radical (unpaired) electrons. The summed E-state index contributed by atoms with van der Waals surface area (Å²) in [6.45, 7) is 4.70. The summed E-state index contributed by atoms with van der Waals surface area (Å²) in [7, 11) is 0. The maximum atomic E-state index is 11.8. The van der Waals surface area contributed by atoms with E-state index in [0.717, 1.165) is 19.3 Å². The zero-order valence-electron chi connectivity index (χ0n) is 11.6. The lowest BCUT2D eigenvalue weighted by Crippen LogP contribution is -2.56. The number of hydrogen-bond acceptors (Lipinski definition) is 4. The number of rotatable bonds is 1. The number of carbonyl (C=O) groups excluding carboxylic acids is 1. The average Bonchev–Trinajstić information content (AvgIpc) is 2.71. The van der Waals surface area contributed by atoms with E-state index in [-0.39, 0.29) is 35.2 Å². The highest BCUT2D eigenvalue weighted by atomic mass is 16.5. The van der Waals surface area contributed by atoms with Gasteiger partial charge in [-0.2, -0.15) is 0 Å². The average molecular weight is 266 g/mol. The summed E-state index contributed by atoms with van der Waals surface area (Å²) in [5.74, 6) is -0.221. The molecule has 2 N–H and O–H groups in total. The maximum Gasteiger partial charge on any atom is 0.334 e. The Morgan fingerprint density at radius 1 is 1.42 bits per heavy atom. The standard InChI is InChI=1S/C15H22O4/c1-14(8-16)4-3-5-15(2)10-7-19-13(18)9(10)6-11(17)12(14)15/h6,10-12,16-17H,3-5,7-8H2,1-2H3. The largest absolute Gasteiger partial charge is 0.462 e. The number of fused-ring (bicyclic) bond motifs is 3. The second kappa shape index (κ2) is 4.06. The molecule has 4 heteroatoms. The summed E-state index contributed by atoms with van der Waals surface area (Å²) >= 11 is 0. The molecule has 1 aliphatic heterocycles. The van der Waals surface area contributed by atoms with Crippen LogP contribution >= 0.6 is 0 Å². The van der Waals surface area contributed by atoms with Crippen molar-refractivity contribution >= 4 is 5.97 Å². The highest BCUT2D eigenvalue weighted by Gasteiger charge is 2.59. The molecule has 2 aliphatic carbocycles. The number of cyclic esters (lactones) is 1. The fraction of sp³-hybridized carbons (Fsp3) is 0.800. The molecule has 0 amide bonds. The molecule has 1 heterocycles. The third-order valence-electron chi connectivity index (χ3n) is 5.77. The molecular weight excluding hydrogens is 244 g/mol. The molecule has 0 aromatic rings. The van der Waals surface area contributed by atoms with Gasteiger partial charge in [-0.1, -0.05) is 20.3 Å². The minimum Gasteiger partial charge on any atom is -0.462 e. The molecule has 19 heavy (non-hydrogen) atoms. The van der Waals surface area contributed by atoms with Gasteiger partial charge in [-0.15, -0.1) is 0 Å². The predicted molar refractivity (Wildman–Crippen MR) is 69.2 cm³/mol. The number of aliphatic hydroxyl groups is 2. The Bertz CT molecular complexity index is 443. The van der Waals surface area contributed by atoms with E-state index in [1.807, 2.05) is 0 Å². The van der Waals surface area contributed by atoms with Gasteiger partial charge in [0.1, 0.15) is 0 Å². The van der Waals surface area contributed by atoms with Gasteiger partial charge in [0, 0.05) is 24.0 Å². The molecule has 0 bridgehead atoms. The molecule has 0 aromatic carbocycles. The van der Waals surface area contributed by atoms with Crippen molar-refractivity contribution in [2.45, 2.75) is 39.2 Å². The zero-order valence-corrected chi connectivity index (χ0v) is 11.6. The zero-order chi connectivity index (χ0) is 13.8. The molecule has 5 atom stereocenters. The lowest BCUT2D eigenvalue weighted by atomic mass is 9.48. The summed E-state index contributed by atoms with van der Waals surface area (Å²) in [6, 6.07) is 0. The lowest BCUT2D eigenvalue weighted by Gasteiger charge is -2.57. The van der Waals surface area contributed by atoms with Crippen molar-refractivity contribution in [1.82, 2.24) is 0 Å². The van der Waals surface area contributed by atoms with Crippen molar-refractivity contribution in [3.63, 3.8) is 0 Å². The van der Waals surface area contributed by atoms with E-state index < -0.39 is 6.10 Å². The van der Waals surface area contributed by atoms with E-state index in [4.69, 9.17) is 4.74 Å². The van der Waals surface area contributed by atoms with Crippen molar-refractivity contribution in [3.8, 4) is 0 Å². The third-order valence-corrected chi connectivity index (χ3v) is 5.77. The maximum absolute atomic E-state index is 11.8. The van der Waals surface area contributed by atoms with E-state index in [1.54, 1.807) is 6.08 Å². The Balaban J connectivity index is 2.09. The lowest BCUT2D eigenvalue weighted by molar-refractivity contribution is -0.135. The number of esters is 1. The number of hydrogen-bond donors (Lipinski definition) is 2. The Labute approximate surface area is 113 Å². The van der Waals surface area contributed by atoms with Crippen LogP contribution in [-0.4, -0.2) is 35.5 Å². The van der Waals surface area contributed by atoms with E-state index >= 15 is 0 Å². The first-order chi connectivity index (χ1) is 8.92. The number of carbonyl (C=O) groups is 1. The summed E-state index contributed by atoms with van der Waals surface area (Å²) in [5.41, 5.74) is 0.208. The fourth-order valence-electron chi connectivity index (χ4n) is 4.84. The number of aliphatic hydroxyl groups excluding tert-OH is 2. The van der Waals surface area contributed by atoms with Gasteiger partial charge >= 0.3 is 5.97 Å². The first kappa shape index (κ1) is 13.1. The quantitative estimate of drug-likeness (QED) is 0.701. The van der Waals surface area contributed by atoms with Crippen molar-refractivity contribution in [2.24, 2.45) is 22.7 Å². The number of ether oxygens (including phenoxy) is 1. The van der Waals surface area contributed by atoms with Gasteiger partial charge in [-0.25, -0.2) is 4.79 Å². The monoisotopic (exact) mass is 266 g/mol. The SMILES string of the molecule is CC1(CO)CCCC2(C)C3COC(=O)C3=CC(O)C12. The van der Waals surface area contributed by atoms with Crippen LogP contribution in [0.5, 0.6) is 0 Å². The summed E-state index contributed by atoms with van der Waals surface area (Å²) < 4.78 is 5.18. The van der Waals surface area contributed by atoms with Crippen molar-refractivity contribution in [2.75, 3.05) is 13.2 Å². The van der Waals surface area contributed by atoms with Crippen LogP contribution in [0.15, 0.2) is 11.6 Å². The van der Waals surface area contributed by atoms with Gasteiger partial charge in [0.05, 0.1) is 12.7 Å². The van der Waals surface area contributed by atoms with Gasteiger partial charge < -0.3 is 14.9 Å². The van der Waals surface area contributed by atoms with E-state index in [9.17, 15) is 15.0 Å². The second-order valence-corrected chi connectivity index (χ2v) is 6.91.